The highest BCUT2D eigenvalue weighted by Crippen LogP contribution is 2.34. The van der Waals surface area contributed by atoms with Crippen molar-refractivity contribution in [2.45, 2.75) is 38.2 Å². The minimum absolute atomic E-state index is 0.179. The molecule has 1 N–H and O–H groups in total. The minimum Gasteiger partial charge on any atom is -0.364 e. The molecular formula is C28H24Cl2F3N7O. The van der Waals surface area contributed by atoms with Crippen LogP contribution in [-0.2, 0) is 24.5 Å². The van der Waals surface area contributed by atoms with Crippen molar-refractivity contribution in [1.29, 1.82) is 0 Å². The van der Waals surface area contributed by atoms with E-state index < -0.39 is 11.9 Å². The number of aryl methyl sites for hydroxylation is 1. The number of nitrogens with one attached hydrogen (secondary N) is 1. The zero-order chi connectivity index (χ0) is 28.7. The maximum absolute atomic E-state index is 13.1. The summed E-state index contributed by atoms with van der Waals surface area (Å²) < 4.78 is 48.6. The standard InChI is InChI=1S/C28H24Cl2F3N7O/c1-39-14-21(28(31,32)33)36-26(39)17-7-5-16(6-8-17)13-34-25-23-27(40(15-35-23)22-4-2-3-11-41-22)38-24(37-25)19-10-9-18(29)12-20(19)30/h5-10,12,14-15,22H,2-4,11,13H2,1H3,(H,34,37,38). The molecule has 41 heavy (non-hydrogen) atoms. The Balaban J connectivity index is 1.31. The second kappa shape index (κ2) is 11.0. The molecule has 1 fully saturated rings. The van der Waals surface area contributed by atoms with Crippen LogP contribution in [0.3, 0.4) is 0 Å². The van der Waals surface area contributed by atoms with Gasteiger partial charge in [0, 0.05) is 42.5 Å². The molecule has 13 heteroatoms. The molecule has 5 aromatic rings. The van der Waals surface area contributed by atoms with E-state index in [4.69, 9.17) is 37.9 Å². The lowest BCUT2D eigenvalue weighted by Crippen LogP contribution is -2.18. The van der Waals surface area contributed by atoms with Gasteiger partial charge in [0.2, 0.25) is 0 Å². The monoisotopic (exact) mass is 601 g/mol. The van der Waals surface area contributed by atoms with E-state index in [-0.39, 0.29) is 12.1 Å². The number of benzene rings is 2. The number of nitrogens with zero attached hydrogens (tertiary/aromatic N) is 6. The van der Waals surface area contributed by atoms with Crippen LogP contribution in [0.15, 0.2) is 55.0 Å². The third kappa shape index (κ3) is 5.61. The van der Waals surface area contributed by atoms with Gasteiger partial charge in [0.1, 0.15) is 12.1 Å². The summed E-state index contributed by atoms with van der Waals surface area (Å²) in [7, 11) is 1.54. The van der Waals surface area contributed by atoms with Crippen molar-refractivity contribution in [3.05, 3.63) is 76.3 Å². The van der Waals surface area contributed by atoms with E-state index in [2.05, 4.69) is 15.3 Å². The quantitative estimate of drug-likeness (QED) is 0.216. The van der Waals surface area contributed by atoms with Gasteiger partial charge in [-0.3, -0.25) is 4.57 Å². The first-order chi connectivity index (χ1) is 19.7. The van der Waals surface area contributed by atoms with E-state index in [1.807, 2.05) is 16.7 Å². The number of ether oxygens (including phenoxy) is 1. The van der Waals surface area contributed by atoms with Gasteiger partial charge in [-0.05, 0) is 43.0 Å². The lowest BCUT2D eigenvalue weighted by Gasteiger charge is -2.24. The van der Waals surface area contributed by atoms with Crippen molar-refractivity contribution in [2.24, 2.45) is 7.05 Å². The Labute approximate surface area is 243 Å². The molecule has 0 spiro atoms. The molecule has 0 aliphatic carbocycles. The van der Waals surface area contributed by atoms with Crippen LogP contribution in [0, 0.1) is 0 Å². The van der Waals surface area contributed by atoms with Crippen LogP contribution < -0.4 is 5.32 Å². The molecule has 0 bridgehead atoms. The maximum Gasteiger partial charge on any atom is 0.434 e. The molecule has 6 rings (SSSR count). The first kappa shape index (κ1) is 27.5. The van der Waals surface area contributed by atoms with Gasteiger partial charge in [-0.15, -0.1) is 0 Å². The van der Waals surface area contributed by atoms with Crippen molar-refractivity contribution in [1.82, 2.24) is 29.1 Å². The van der Waals surface area contributed by atoms with Gasteiger partial charge >= 0.3 is 6.18 Å². The molecule has 8 nitrogen and oxygen atoms in total. The van der Waals surface area contributed by atoms with Gasteiger partial charge < -0.3 is 14.6 Å². The molecule has 1 atom stereocenters. The maximum atomic E-state index is 13.1. The Morgan fingerprint density at radius 1 is 1.05 bits per heavy atom. The summed E-state index contributed by atoms with van der Waals surface area (Å²) in [5.41, 5.74) is 2.34. The molecule has 1 saturated heterocycles. The van der Waals surface area contributed by atoms with Crippen LogP contribution in [0.5, 0.6) is 0 Å². The van der Waals surface area contributed by atoms with Crippen molar-refractivity contribution in [3.63, 3.8) is 0 Å². The highest BCUT2D eigenvalue weighted by atomic mass is 35.5. The summed E-state index contributed by atoms with van der Waals surface area (Å²) in [6.45, 7) is 1.05. The summed E-state index contributed by atoms with van der Waals surface area (Å²) in [6, 6.07) is 12.3. The zero-order valence-corrected chi connectivity index (χ0v) is 23.3. The molecule has 0 radical (unpaired) electrons. The molecule has 1 aliphatic heterocycles. The van der Waals surface area contributed by atoms with Crippen molar-refractivity contribution in [3.8, 4) is 22.8 Å². The van der Waals surface area contributed by atoms with E-state index in [9.17, 15) is 13.2 Å². The number of imidazole rings is 2. The molecular weight excluding hydrogens is 578 g/mol. The number of hydrogen-bond acceptors (Lipinski definition) is 6. The van der Waals surface area contributed by atoms with E-state index in [1.165, 1.54) is 11.6 Å². The first-order valence-electron chi connectivity index (χ1n) is 12.9. The molecule has 0 amide bonds. The van der Waals surface area contributed by atoms with Gasteiger partial charge in [0.05, 0.1) is 11.3 Å². The van der Waals surface area contributed by atoms with E-state index in [0.717, 1.165) is 31.0 Å². The second-order valence-electron chi connectivity index (χ2n) is 9.77. The lowest BCUT2D eigenvalue weighted by molar-refractivity contribution is -0.140. The number of anilines is 1. The lowest BCUT2D eigenvalue weighted by atomic mass is 10.1. The van der Waals surface area contributed by atoms with Crippen molar-refractivity contribution >= 4 is 40.2 Å². The summed E-state index contributed by atoms with van der Waals surface area (Å²) in [4.78, 5) is 17.9. The minimum atomic E-state index is -4.51. The molecule has 3 aromatic heterocycles. The molecule has 4 heterocycles. The molecule has 0 saturated carbocycles. The van der Waals surface area contributed by atoms with Gasteiger partial charge in [-0.25, -0.2) is 19.9 Å². The highest BCUT2D eigenvalue weighted by Gasteiger charge is 2.34. The van der Waals surface area contributed by atoms with Crippen LogP contribution in [0.1, 0.15) is 36.7 Å². The summed E-state index contributed by atoms with van der Waals surface area (Å²) in [5.74, 6) is 1.15. The predicted molar refractivity (Wildman–Crippen MR) is 151 cm³/mol. The average Bonchev–Trinajstić information content (AvgIpc) is 3.56. The van der Waals surface area contributed by atoms with E-state index >= 15 is 0 Å². The largest absolute Gasteiger partial charge is 0.434 e. The third-order valence-corrected chi connectivity index (χ3v) is 7.45. The van der Waals surface area contributed by atoms with E-state index in [1.54, 1.807) is 36.7 Å². The van der Waals surface area contributed by atoms with Gasteiger partial charge in [-0.1, -0.05) is 47.5 Å². The Morgan fingerprint density at radius 3 is 2.54 bits per heavy atom. The topological polar surface area (TPSA) is 82.7 Å². The molecule has 212 valence electrons. The van der Waals surface area contributed by atoms with Crippen LogP contribution in [0.4, 0.5) is 19.0 Å². The van der Waals surface area contributed by atoms with Gasteiger partial charge in [0.25, 0.3) is 0 Å². The van der Waals surface area contributed by atoms with E-state index in [0.29, 0.717) is 57.1 Å². The number of hydrogen-bond donors (Lipinski definition) is 1. The zero-order valence-electron chi connectivity index (χ0n) is 21.8. The Kier molecular flexibility index (Phi) is 7.35. The smallest absolute Gasteiger partial charge is 0.364 e. The fraction of sp³-hybridized carbons (Fsp3) is 0.286. The van der Waals surface area contributed by atoms with Crippen molar-refractivity contribution in [2.75, 3.05) is 11.9 Å². The van der Waals surface area contributed by atoms with Crippen LogP contribution in [-0.4, -0.2) is 35.7 Å². The highest BCUT2D eigenvalue weighted by molar-refractivity contribution is 6.36. The van der Waals surface area contributed by atoms with Gasteiger partial charge in [-0.2, -0.15) is 13.2 Å². The van der Waals surface area contributed by atoms with Crippen LogP contribution in [0.25, 0.3) is 33.9 Å². The summed E-state index contributed by atoms with van der Waals surface area (Å²) >= 11 is 12.6. The van der Waals surface area contributed by atoms with Gasteiger partial charge in [0.15, 0.2) is 28.5 Å². The number of fused-ring (bicyclic) bond motifs is 1. The SMILES string of the molecule is Cn1cc(C(F)(F)F)nc1-c1ccc(CNc2nc(-c3ccc(Cl)cc3Cl)nc3c2ncn3C2CCCCO2)cc1. The number of rotatable bonds is 6. The fourth-order valence-electron chi connectivity index (χ4n) is 4.81. The van der Waals surface area contributed by atoms with Crippen LogP contribution in [0.2, 0.25) is 10.0 Å². The Bertz CT molecular complexity index is 1710. The second-order valence-corrected chi connectivity index (χ2v) is 10.6. The summed E-state index contributed by atoms with van der Waals surface area (Å²) in [6.07, 6.45) is 0.913. The molecule has 2 aromatic carbocycles. The molecule has 1 unspecified atom stereocenters. The predicted octanol–water partition coefficient (Wildman–Crippen LogP) is 7.53. The average molecular weight is 602 g/mol. The normalized spacial score (nSPS) is 15.9. The summed E-state index contributed by atoms with van der Waals surface area (Å²) in [5, 5.41) is 4.27. The van der Waals surface area contributed by atoms with Crippen LogP contribution >= 0.6 is 23.2 Å². The number of aromatic nitrogens is 6. The third-order valence-electron chi connectivity index (χ3n) is 6.90. The number of halogens is 5. The number of alkyl halides is 3. The van der Waals surface area contributed by atoms with Crippen molar-refractivity contribution < 1.29 is 17.9 Å². The fourth-order valence-corrected chi connectivity index (χ4v) is 5.31. The Hall–Kier alpha value is -3.67. The Morgan fingerprint density at radius 2 is 1.85 bits per heavy atom. The molecule has 1 aliphatic rings. The first-order valence-corrected chi connectivity index (χ1v) is 13.7.